The highest BCUT2D eigenvalue weighted by Crippen LogP contribution is 2.02. The molecule has 0 aromatic carbocycles. The maximum atomic E-state index is 12.3. The Morgan fingerprint density at radius 2 is 1.74 bits per heavy atom. The van der Waals surface area contributed by atoms with Crippen molar-refractivity contribution in [3.8, 4) is 0 Å². The SMILES string of the molecule is CC(O)C(NC(=O)CN)C(=O)NC(CCCN=C(N)N)C(=O)NCC(=O)O. The highest BCUT2D eigenvalue weighted by molar-refractivity contribution is 5.93. The first-order valence-corrected chi connectivity index (χ1v) is 8.11. The number of rotatable bonds is 12. The highest BCUT2D eigenvalue weighted by Gasteiger charge is 2.29. The van der Waals surface area contributed by atoms with E-state index >= 15 is 0 Å². The monoisotopic (exact) mass is 389 g/mol. The van der Waals surface area contributed by atoms with Gasteiger partial charge in [0.15, 0.2) is 5.96 Å². The number of aliphatic hydroxyl groups is 1. The van der Waals surface area contributed by atoms with E-state index in [1.54, 1.807) is 0 Å². The van der Waals surface area contributed by atoms with Crippen LogP contribution in [0.4, 0.5) is 0 Å². The summed E-state index contributed by atoms with van der Waals surface area (Å²) in [4.78, 5) is 50.2. The van der Waals surface area contributed by atoms with E-state index in [1.807, 2.05) is 0 Å². The zero-order valence-corrected chi connectivity index (χ0v) is 15.0. The van der Waals surface area contributed by atoms with Crippen LogP contribution in [0.2, 0.25) is 0 Å². The molecule has 11 N–H and O–H groups in total. The Balaban J connectivity index is 5.07. The third-order valence-corrected chi connectivity index (χ3v) is 3.26. The second-order valence-electron chi connectivity index (χ2n) is 5.61. The number of aliphatic hydroxyl groups excluding tert-OH is 1. The topological polar surface area (TPSA) is 235 Å². The first-order valence-electron chi connectivity index (χ1n) is 8.11. The van der Waals surface area contributed by atoms with Gasteiger partial charge in [0.1, 0.15) is 18.6 Å². The summed E-state index contributed by atoms with van der Waals surface area (Å²) in [7, 11) is 0. The van der Waals surface area contributed by atoms with E-state index in [0.29, 0.717) is 6.42 Å². The summed E-state index contributed by atoms with van der Waals surface area (Å²) in [5, 5.41) is 25.1. The molecule has 13 nitrogen and oxygen atoms in total. The van der Waals surface area contributed by atoms with Crippen molar-refractivity contribution in [2.45, 2.75) is 38.0 Å². The van der Waals surface area contributed by atoms with E-state index in [-0.39, 0.29) is 18.9 Å². The predicted octanol–water partition coefficient (Wildman–Crippen LogP) is -4.45. The van der Waals surface area contributed by atoms with Crippen molar-refractivity contribution < 1.29 is 29.4 Å². The molecule has 0 aliphatic carbocycles. The molecule has 0 aliphatic rings. The first-order chi connectivity index (χ1) is 12.6. The van der Waals surface area contributed by atoms with Crippen LogP contribution in [-0.2, 0) is 19.2 Å². The van der Waals surface area contributed by atoms with Crippen LogP contribution in [0, 0.1) is 0 Å². The zero-order chi connectivity index (χ0) is 21.0. The lowest BCUT2D eigenvalue weighted by Crippen LogP contribution is -2.58. The maximum Gasteiger partial charge on any atom is 0.322 e. The number of carbonyl (C=O) groups excluding carboxylic acids is 3. The standard InChI is InChI=1S/C14H27N7O6/c1-7(22)11(21-9(23)5-15)13(27)20-8(3-2-4-18-14(16)17)12(26)19-6-10(24)25/h7-8,11,22H,2-6,15H2,1H3,(H,19,26)(H,20,27)(H,21,23)(H,24,25)(H4,16,17,18). The summed E-state index contributed by atoms with van der Waals surface area (Å²) in [6.07, 6.45) is -0.867. The van der Waals surface area contributed by atoms with Gasteiger partial charge < -0.3 is 43.4 Å². The molecule has 27 heavy (non-hydrogen) atoms. The minimum Gasteiger partial charge on any atom is -0.480 e. The van der Waals surface area contributed by atoms with Gasteiger partial charge in [-0.1, -0.05) is 0 Å². The summed E-state index contributed by atoms with van der Waals surface area (Å²) in [5.74, 6) is -3.64. The lowest BCUT2D eigenvalue weighted by atomic mass is 10.1. The van der Waals surface area contributed by atoms with Gasteiger partial charge in [-0.2, -0.15) is 0 Å². The molecule has 0 bridgehead atoms. The van der Waals surface area contributed by atoms with Gasteiger partial charge in [-0.25, -0.2) is 0 Å². The number of guanidine groups is 1. The Morgan fingerprint density at radius 1 is 1.11 bits per heavy atom. The minimum atomic E-state index is -1.34. The number of nitrogens with zero attached hydrogens (tertiary/aromatic N) is 1. The third kappa shape index (κ3) is 10.6. The fourth-order valence-electron chi connectivity index (χ4n) is 1.96. The summed E-state index contributed by atoms with van der Waals surface area (Å²) in [6.45, 7) is 0.435. The number of nitrogens with two attached hydrogens (primary N) is 3. The van der Waals surface area contributed by atoms with Gasteiger partial charge >= 0.3 is 5.97 Å². The Labute approximate surface area is 155 Å². The van der Waals surface area contributed by atoms with Gasteiger partial charge in [-0.3, -0.25) is 24.2 Å². The van der Waals surface area contributed by atoms with Crippen LogP contribution in [0.3, 0.4) is 0 Å². The van der Waals surface area contributed by atoms with E-state index < -0.39 is 55.0 Å². The third-order valence-electron chi connectivity index (χ3n) is 3.26. The quantitative estimate of drug-likeness (QED) is 0.0911. The normalized spacial score (nSPS) is 13.6. The largest absolute Gasteiger partial charge is 0.480 e. The average Bonchev–Trinajstić information content (AvgIpc) is 2.58. The minimum absolute atomic E-state index is 0.0886. The van der Waals surface area contributed by atoms with Crippen molar-refractivity contribution in [3.05, 3.63) is 0 Å². The molecule has 0 aromatic rings. The van der Waals surface area contributed by atoms with E-state index in [9.17, 15) is 24.3 Å². The Hall–Kier alpha value is -2.93. The van der Waals surface area contributed by atoms with Gasteiger partial charge in [0, 0.05) is 6.54 Å². The molecule has 0 saturated heterocycles. The van der Waals surface area contributed by atoms with Crippen LogP contribution >= 0.6 is 0 Å². The fraction of sp³-hybridized carbons (Fsp3) is 0.643. The van der Waals surface area contributed by atoms with E-state index in [2.05, 4.69) is 20.9 Å². The lowest BCUT2D eigenvalue weighted by molar-refractivity contribution is -0.138. The van der Waals surface area contributed by atoms with Gasteiger partial charge in [-0.05, 0) is 19.8 Å². The van der Waals surface area contributed by atoms with Gasteiger partial charge in [0.2, 0.25) is 17.7 Å². The molecule has 0 aliphatic heterocycles. The molecule has 0 spiro atoms. The van der Waals surface area contributed by atoms with Crippen LogP contribution in [0.1, 0.15) is 19.8 Å². The average molecular weight is 389 g/mol. The molecular weight excluding hydrogens is 362 g/mol. The molecule has 154 valence electrons. The molecule has 0 heterocycles. The highest BCUT2D eigenvalue weighted by atomic mass is 16.4. The van der Waals surface area contributed by atoms with Crippen molar-refractivity contribution >= 4 is 29.7 Å². The fourth-order valence-corrected chi connectivity index (χ4v) is 1.96. The molecule has 3 amide bonds. The summed E-state index contributed by atoms with van der Waals surface area (Å²) < 4.78 is 0. The lowest BCUT2D eigenvalue weighted by Gasteiger charge is -2.24. The summed E-state index contributed by atoms with van der Waals surface area (Å²) in [6, 6.07) is -2.46. The second-order valence-corrected chi connectivity index (χ2v) is 5.61. The van der Waals surface area contributed by atoms with Crippen molar-refractivity contribution in [1.29, 1.82) is 0 Å². The van der Waals surface area contributed by atoms with E-state index in [4.69, 9.17) is 22.3 Å². The number of aliphatic carboxylic acids is 1. The van der Waals surface area contributed by atoms with Crippen LogP contribution in [0.25, 0.3) is 0 Å². The summed E-state index contributed by atoms with van der Waals surface area (Å²) in [5.41, 5.74) is 15.6. The maximum absolute atomic E-state index is 12.3. The number of carboxylic acid groups (broad SMARTS) is 1. The number of carbonyl (C=O) groups is 4. The van der Waals surface area contributed by atoms with Gasteiger partial charge in [-0.15, -0.1) is 0 Å². The Bertz CT molecular complexity index is 562. The number of hydrogen-bond donors (Lipinski definition) is 8. The van der Waals surface area contributed by atoms with Crippen LogP contribution < -0.4 is 33.2 Å². The van der Waals surface area contributed by atoms with Gasteiger partial charge in [0.25, 0.3) is 0 Å². The molecule has 0 aromatic heterocycles. The van der Waals surface area contributed by atoms with Crippen molar-refractivity contribution in [2.24, 2.45) is 22.2 Å². The molecular formula is C14H27N7O6. The zero-order valence-electron chi connectivity index (χ0n) is 15.0. The molecule has 13 heteroatoms. The number of hydrogen-bond acceptors (Lipinski definition) is 7. The Kier molecular flexibility index (Phi) is 11.1. The van der Waals surface area contributed by atoms with E-state index in [0.717, 1.165) is 0 Å². The van der Waals surface area contributed by atoms with Crippen LogP contribution in [0.15, 0.2) is 4.99 Å². The summed E-state index contributed by atoms with van der Waals surface area (Å²) >= 11 is 0. The predicted molar refractivity (Wildman–Crippen MR) is 95.2 cm³/mol. The van der Waals surface area contributed by atoms with Crippen molar-refractivity contribution in [1.82, 2.24) is 16.0 Å². The molecule has 0 saturated carbocycles. The van der Waals surface area contributed by atoms with Gasteiger partial charge in [0.05, 0.1) is 12.6 Å². The number of carboxylic acids is 1. The molecule has 0 radical (unpaired) electrons. The molecule has 3 unspecified atom stereocenters. The molecule has 0 rings (SSSR count). The first kappa shape index (κ1) is 24.1. The number of amides is 3. The smallest absolute Gasteiger partial charge is 0.322 e. The second kappa shape index (κ2) is 12.4. The van der Waals surface area contributed by atoms with Crippen LogP contribution in [-0.4, -0.2) is 77.7 Å². The number of nitrogens with one attached hydrogen (secondary N) is 3. The van der Waals surface area contributed by atoms with Crippen LogP contribution in [0.5, 0.6) is 0 Å². The Morgan fingerprint density at radius 3 is 2.22 bits per heavy atom. The van der Waals surface area contributed by atoms with Crippen molar-refractivity contribution in [2.75, 3.05) is 19.6 Å². The number of aliphatic imine (C=N–C) groups is 1. The molecule has 0 fully saturated rings. The van der Waals surface area contributed by atoms with E-state index in [1.165, 1.54) is 6.92 Å². The molecule has 3 atom stereocenters. The van der Waals surface area contributed by atoms with Crippen molar-refractivity contribution in [3.63, 3.8) is 0 Å².